The number of ether oxygens (including phenoxy) is 1. The van der Waals surface area contributed by atoms with Crippen molar-refractivity contribution in [1.82, 2.24) is 4.98 Å². The number of anilines is 1. The molecule has 0 aliphatic carbocycles. The van der Waals surface area contributed by atoms with Crippen LogP contribution in [0.3, 0.4) is 0 Å². The van der Waals surface area contributed by atoms with Gasteiger partial charge in [-0.15, -0.1) is 0 Å². The number of rotatable bonds is 4. The molecule has 1 aromatic carbocycles. The van der Waals surface area contributed by atoms with Gasteiger partial charge in [0.2, 0.25) is 0 Å². The summed E-state index contributed by atoms with van der Waals surface area (Å²) in [5.41, 5.74) is 1.09. The summed E-state index contributed by atoms with van der Waals surface area (Å²) in [6.07, 6.45) is 1.49. The van der Waals surface area contributed by atoms with Gasteiger partial charge in [-0.25, -0.2) is 4.98 Å². The quantitative estimate of drug-likeness (QED) is 0.490. The van der Waals surface area contributed by atoms with Crippen LogP contribution in [0.25, 0.3) is 0 Å². The van der Waals surface area contributed by atoms with E-state index in [1.54, 1.807) is 45.2 Å². The summed E-state index contributed by atoms with van der Waals surface area (Å²) < 4.78 is 5.48. The fraction of sp³-hybridized carbons (Fsp3) is 0.176. The van der Waals surface area contributed by atoms with Crippen molar-refractivity contribution in [2.75, 3.05) is 11.9 Å². The molecule has 0 saturated heterocycles. The predicted octanol–water partition coefficient (Wildman–Crippen LogP) is 3.08. The molecule has 7 nitrogen and oxygen atoms in total. The van der Waals surface area contributed by atoms with Crippen molar-refractivity contribution in [3.63, 3.8) is 0 Å². The van der Waals surface area contributed by atoms with E-state index < -0.39 is 4.92 Å². The molecule has 0 fully saturated rings. The second-order valence-electron chi connectivity index (χ2n) is 4.93. The van der Waals surface area contributed by atoms with E-state index in [0.717, 1.165) is 0 Å². The Hall–Kier alpha value is -3.40. The van der Waals surface area contributed by atoms with Gasteiger partial charge in [0.05, 0.1) is 4.92 Å². The van der Waals surface area contributed by atoms with Gasteiger partial charge < -0.3 is 9.64 Å². The average Bonchev–Trinajstić information content (AvgIpc) is 2.56. The summed E-state index contributed by atoms with van der Waals surface area (Å²) in [5, 5.41) is 11.1. The monoisotopic (exact) mass is 325 g/mol. The Labute approximate surface area is 139 Å². The molecule has 0 bridgehead atoms. The summed E-state index contributed by atoms with van der Waals surface area (Å²) in [6, 6.07) is 7.91. The molecule has 1 amide bonds. The molecule has 1 heterocycles. The molecule has 24 heavy (non-hydrogen) atoms. The van der Waals surface area contributed by atoms with Gasteiger partial charge in [-0.05, 0) is 49.6 Å². The number of nitro groups is 1. The first-order valence-electron chi connectivity index (χ1n) is 7.01. The number of carbonyl (C=O) groups is 1. The molecule has 122 valence electrons. The maximum absolute atomic E-state index is 11.7. The Balaban J connectivity index is 2.22. The van der Waals surface area contributed by atoms with Crippen molar-refractivity contribution in [3.8, 4) is 23.5 Å². The van der Waals surface area contributed by atoms with Crippen LogP contribution >= 0.6 is 0 Å². The van der Waals surface area contributed by atoms with Gasteiger partial charge in [0.25, 0.3) is 5.88 Å². The van der Waals surface area contributed by atoms with Crippen LogP contribution < -0.4 is 9.64 Å². The van der Waals surface area contributed by atoms with Crippen molar-refractivity contribution in [2.24, 2.45) is 0 Å². The molecule has 0 atom stereocenters. The zero-order valence-corrected chi connectivity index (χ0v) is 13.4. The van der Waals surface area contributed by atoms with E-state index in [9.17, 15) is 14.9 Å². The minimum Gasteiger partial charge on any atom is -0.434 e. The maximum Gasteiger partial charge on any atom is 0.331 e. The van der Waals surface area contributed by atoms with Gasteiger partial charge in [-0.1, -0.05) is 5.92 Å². The fourth-order valence-corrected chi connectivity index (χ4v) is 1.91. The molecule has 2 aromatic rings. The van der Waals surface area contributed by atoms with Gasteiger partial charge in [0.15, 0.2) is 0 Å². The van der Waals surface area contributed by atoms with Gasteiger partial charge in [0, 0.05) is 25.0 Å². The van der Waals surface area contributed by atoms with Crippen molar-refractivity contribution in [1.29, 1.82) is 0 Å². The number of amides is 1. The smallest absolute Gasteiger partial charge is 0.331 e. The molecule has 7 heteroatoms. The van der Waals surface area contributed by atoms with Crippen LogP contribution in [-0.4, -0.2) is 22.9 Å². The van der Waals surface area contributed by atoms with Crippen LogP contribution in [0.5, 0.6) is 11.6 Å². The second kappa shape index (κ2) is 7.24. The standard InChI is InChI=1S/C17H15N3O4/c1-4-5-16(21)19(3)13-6-8-14(9-7-13)24-17-15(20(22)23)10-12(2)11-18-17/h6-11H,1-3H3. The molecule has 0 N–H and O–H groups in total. The third kappa shape index (κ3) is 3.87. The minimum atomic E-state index is -0.542. The molecule has 2 rings (SSSR count). The molecule has 0 unspecified atom stereocenters. The Morgan fingerprint density at radius 3 is 2.58 bits per heavy atom. The maximum atomic E-state index is 11.7. The van der Waals surface area contributed by atoms with Gasteiger partial charge in [-0.2, -0.15) is 0 Å². The van der Waals surface area contributed by atoms with E-state index in [4.69, 9.17) is 4.74 Å². The first-order valence-corrected chi connectivity index (χ1v) is 7.01. The van der Waals surface area contributed by atoms with Crippen LogP contribution in [0.15, 0.2) is 36.5 Å². The van der Waals surface area contributed by atoms with Gasteiger partial charge >= 0.3 is 11.6 Å². The molecular weight excluding hydrogens is 310 g/mol. The number of aromatic nitrogens is 1. The highest BCUT2D eigenvalue weighted by atomic mass is 16.6. The Kier molecular flexibility index (Phi) is 5.12. The second-order valence-corrected chi connectivity index (χ2v) is 4.93. The first kappa shape index (κ1) is 17.0. The lowest BCUT2D eigenvalue weighted by atomic mass is 10.2. The molecule has 0 aliphatic heterocycles. The normalized spacial score (nSPS) is 9.62. The SMILES string of the molecule is CC#CC(=O)N(C)c1ccc(Oc2ncc(C)cc2[N+](=O)[O-])cc1. The van der Waals surface area contributed by atoms with Crippen molar-refractivity contribution >= 4 is 17.3 Å². The van der Waals surface area contributed by atoms with Crippen LogP contribution in [0.1, 0.15) is 12.5 Å². The fourth-order valence-electron chi connectivity index (χ4n) is 1.91. The number of hydrogen-bond acceptors (Lipinski definition) is 5. The number of hydrogen-bond donors (Lipinski definition) is 0. The van der Waals surface area contributed by atoms with Gasteiger partial charge in [0.1, 0.15) is 5.75 Å². The average molecular weight is 325 g/mol. The van der Waals surface area contributed by atoms with Gasteiger partial charge in [-0.3, -0.25) is 14.9 Å². The summed E-state index contributed by atoms with van der Waals surface area (Å²) in [7, 11) is 1.61. The summed E-state index contributed by atoms with van der Waals surface area (Å²) in [4.78, 5) is 27.6. The van der Waals surface area contributed by atoms with Crippen molar-refractivity contribution in [3.05, 3.63) is 52.2 Å². The lowest BCUT2D eigenvalue weighted by molar-refractivity contribution is -0.386. The number of pyridine rings is 1. The molecule has 0 saturated carbocycles. The lowest BCUT2D eigenvalue weighted by Crippen LogP contribution is -2.24. The highest BCUT2D eigenvalue weighted by molar-refractivity contribution is 6.05. The number of nitrogens with zero attached hydrogens (tertiary/aromatic N) is 3. The summed E-state index contributed by atoms with van der Waals surface area (Å²) in [5.74, 6) is 4.95. The van der Waals surface area contributed by atoms with E-state index in [-0.39, 0.29) is 17.5 Å². The largest absolute Gasteiger partial charge is 0.434 e. The third-order valence-electron chi connectivity index (χ3n) is 3.14. The predicted molar refractivity (Wildman–Crippen MR) is 89.0 cm³/mol. The van der Waals surface area contributed by atoms with Crippen LogP contribution in [-0.2, 0) is 4.79 Å². The molecule has 0 spiro atoms. The summed E-state index contributed by atoms with van der Waals surface area (Å²) >= 11 is 0. The van der Waals surface area contributed by atoms with Crippen molar-refractivity contribution < 1.29 is 14.5 Å². The van der Waals surface area contributed by atoms with Crippen LogP contribution in [0.4, 0.5) is 11.4 Å². The number of benzene rings is 1. The highest BCUT2D eigenvalue weighted by Crippen LogP contribution is 2.30. The van der Waals surface area contributed by atoms with E-state index in [1.165, 1.54) is 17.2 Å². The van der Waals surface area contributed by atoms with E-state index in [2.05, 4.69) is 16.8 Å². The van der Waals surface area contributed by atoms with E-state index in [1.807, 2.05) is 0 Å². The Morgan fingerprint density at radius 2 is 2.00 bits per heavy atom. The molecule has 1 aromatic heterocycles. The van der Waals surface area contributed by atoms with E-state index >= 15 is 0 Å². The zero-order chi connectivity index (χ0) is 17.7. The van der Waals surface area contributed by atoms with Crippen LogP contribution in [0.2, 0.25) is 0 Å². The van der Waals surface area contributed by atoms with Crippen molar-refractivity contribution in [2.45, 2.75) is 13.8 Å². The molecule has 0 radical (unpaired) electrons. The molecule has 0 aliphatic rings. The molecular formula is C17H15N3O4. The summed E-state index contributed by atoms with van der Waals surface area (Å²) in [6.45, 7) is 3.30. The van der Waals surface area contributed by atoms with E-state index in [0.29, 0.717) is 17.0 Å². The minimum absolute atomic E-state index is 0.0837. The third-order valence-corrected chi connectivity index (χ3v) is 3.14. The topological polar surface area (TPSA) is 85.6 Å². The Bertz CT molecular complexity index is 835. The lowest BCUT2D eigenvalue weighted by Gasteiger charge is -2.14. The van der Waals surface area contributed by atoms with Crippen LogP contribution in [0, 0.1) is 28.9 Å². The zero-order valence-electron chi connectivity index (χ0n) is 13.4. The number of aryl methyl sites for hydroxylation is 1. The first-order chi connectivity index (χ1) is 11.4. The highest BCUT2D eigenvalue weighted by Gasteiger charge is 2.18. The number of carbonyl (C=O) groups excluding carboxylic acids is 1. The Morgan fingerprint density at radius 1 is 1.33 bits per heavy atom.